The van der Waals surface area contributed by atoms with Crippen LogP contribution in [0.25, 0.3) is 33.1 Å². The number of hydrogen-bond donors (Lipinski definition) is 1. The van der Waals surface area contributed by atoms with Gasteiger partial charge in [0.15, 0.2) is 17.3 Å². The molecular weight excluding hydrogens is 1440 g/mol. The number of ether oxygens (including phenoxy) is 5. The van der Waals surface area contributed by atoms with Gasteiger partial charge in [-0.05, 0) is 200 Å². The number of ketones is 3. The van der Waals surface area contributed by atoms with Crippen LogP contribution in [0.5, 0.6) is 11.8 Å². The summed E-state index contributed by atoms with van der Waals surface area (Å²) >= 11 is 0.250. The second-order valence-corrected chi connectivity index (χ2v) is 32.8. The van der Waals surface area contributed by atoms with Crippen LogP contribution in [0.1, 0.15) is 155 Å². The summed E-state index contributed by atoms with van der Waals surface area (Å²) in [7, 11) is 0. The Hall–Kier alpha value is -9.59. The lowest BCUT2D eigenvalue weighted by atomic mass is 9.91. The molecule has 113 heavy (non-hydrogen) atoms. The van der Waals surface area contributed by atoms with Gasteiger partial charge in [0.1, 0.15) is 30.7 Å². The SMILES string of the molecule is CC(=O)c1ccc2nc(CN3CCC4(c5cccc(=O)[nH]5)CC4C3)n(C[C@@H]3CCO3)c2c1.CC(=O)c1ccc2nc(CN3CC[C@@]4(c5cccc(OCc6ccccc6)n5)C[C@H]4C3)n(C[C@@H]3CCO3)c2c1.CC(=O)c1ccc2nc(CN3CC[C@]4(c5cccc(OCc6ccccc6)n5)C[C@@H]4C3)n(C[C@@H]3CCO3)c2c1.CSF. The summed E-state index contributed by atoms with van der Waals surface area (Å²) in [6, 6.07) is 55.9. The van der Waals surface area contributed by atoms with Gasteiger partial charge in [0.25, 0.3) is 0 Å². The summed E-state index contributed by atoms with van der Waals surface area (Å²) < 4.78 is 46.4. The van der Waals surface area contributed by atoms with Crippen molar-refractivity contribution in [2.75, 3.05) is 65.3 Å². The van der Waals surface area contributed by atoms with Gasteiger partial charge in [0, 0.05) is 115 Å². The number of aromatic nitrogens is 9. The largest absolute Gasteiger partial charge is 0.473 e. The first kappa shape index (κ1) is 76.1. The van der Waals surface area contributed by atoms with Crippen molar-refractivity contribution in [1.82, 2.24) is 58.3 Å². The van der Waals surface area contributed by atoms with E-state index >= 15 is 0 Å². The van der Waals surface area contributed by atoms with E-state index in [1.54, 1.807) is 26.8 Å². The van der Waals surface area contributed by atoms with E-state index in [1.807, 2.05) is 109 Å². The second-order valence-electron chi connectivity index (χ2n) is 32.5. The molecule has 0 spiro atoms. The standard InChI is InChI=1S/2C32H34N4O3.C25H28N4O3.CH3FS/c2*1-22(37)24-10-11-27-28(16-24)36(19-26-12-15-38-26)30(33-27)20-35-14-13-32(17-25(32)18-35)29-8-5-9-31(34-29)39-21-23-6-3-2-4-7-23;1-16(30)17-5-6-20-21(11-17)29(14-19-7-10-32-19)23(26-20)15-28-9-8-25(12-18(25)13-28)22-3-2-4-24(31)27-22;1-3-2/h2*2-11,16,25-26H,12-15,17-21H2,1H3;2-6,11,18-19H,7-10,12-15H2,1H3,(H,27,31);1H3/t25-,26+,32+;25-,26-,32+;18?,19-,25?;/m100./s1. The van der Waals surface area contributed by atoms with E-state index in [9.17, 15) is 23.1 Å². The van der Waals surface area contributed by atoms with E-state index in [1.165, 1.54) is 30.5 Å². The van der Waals surface area contributed by atoms with E-state index in [4.69, 9.17) is 48.6 Å². The zero-order valence-corrected chi connectivity index (χ0v) is 65.7. The molecule has 9 fully saturated rings. The molecule has 586 valence electrons. The Labute approximate surface area is 662 Å². The van der Waals surface area contributed by atoms with Crippen LogP contribution >= 0.6 is 12.1 Å². The summed E-state index contributed by atoms with van der Waals surface area (Å²) in [6.45, 7) is 19.2. The maximum Gasteiger partial charge on any atom is 0.248 e. The number of piperidine rings is 3. The number of H-pyrrole nitrogens is 1. The number of aromatic amines is 1. The molecule has 20 rings (SSSR count). The molecule has 6 saturated heterocycles. The Morgan fingerprint density at radius 1 is 0.469 bits per heavy atom. The van der Waals surface area contributed by atoms with Crippen LogP contribution in [0.4, 0.5) is 3.89 Å². The van der Waals surface area contributed by atoms with Crippen molar-refractivity contribution >= 4 is 62.6 Å². The molecule has 0 radical (unpaired) electrons. The van der Waals surface area contributed by atoms with Gasteiger partial charge in [-0.15, -0.1) is 0 Å². The smallest absolute Gasteiger partial charge is 0.248 e. The normalized spacial score (nSPS) is 24.6. The molecule has 3 aliphatic carbocycles. The van der Waals surface area contributed by atoms with E-state index in [0.29, 0.717) is 42.7 Å². The molecule has 0 amide bonds. The fourth-order valence-electron chi connectivity index (χ4n) is 18.2. The number of carbonyl (C=O) groups is 3. The lowest BCUT2D eigenvalue weighted by Gasteiger charge is -2.32. The first-order valence-corrected chi connectivity index (χ1v) is 41.4. The third kappa shape index (κ3) is 16.5. The lowest BCUT2D eigenvalue weighted by Crippen LogP contribution is -2.38. The monoisotopic (exact) mass is 1540 g/mol. The summed E-state index contributed by atoms with van der Waals surface area (Å²) in [4.78, 5) is 83.3. The average Bonchev–Trinajstić information content (AvgIpc) is 1.57. The molecule has 23 heteroatoms. The number of Topliss-reactive ketones (excluding diaryl/α,β-unsaturated/α-hetero) is 3. The van der Waals surface area contributed by atoms with Gasteiger partial charge in [-0.2, -0.15) is 3.89 Å². The number of rotatable bonds is 24. The Bertz CT molecular complexity index is 5120. The molecule has 6 aliphatic heterocycles. The van der Waals surface area contributed by atoms with Crippen LogP contribution in [-0.2, 0) is 82.9 Å². The molecule has 2 unspecified atom stereocenters. The highest BCUT2D eigenvalue weighted by Crippen LogP contribution is 2.61. The highest BCUT2D eigenvalue weighted by atomic mass is 32.2. The van der Waals surface area contributed by atoms with Crippen LogP contribution in [0.3, 0.4) is 0 Å². The quantitative estimate of drug-likeness (QED) is 0.0556. The zero-order valence-electron chi connectivity index (χ0n) is 64.9. The minimum atomic E-state index is -0.0122. The molecule has 9 atom stereocenters. The van der Waals surface area contributed by atoms with Gasteiger partial charge in [-0.1, -0.05) is 78.9 Å². The van der Waals surface area contributed by atoms with Crippen molar-refractivity contribution < 1.29 is 42.0 Å². The summed E-state index contributed by atoms with van der Waals surface area (Å²) in [5, 5.41) is 0. The summed E-state index contributed by atoms with van der Waals surface area (Å²) in [5.74, 6) is 6.56. The lowest BCUT2D eigenvalue weighted by molar-refractivity contribution is -0.0593. The molecule has 0 bridgehead atoms. The third-order valence-corrected chi connectivity index (χ3v) is 25.3. The van der Waals surface area contributed by atoms with Gasteiger partial charge in [0.05, 0.1) is 102 Å². The first-order chi connectivity index (χ1) is 55.1. The number of likely N-dealkylation sites (tertiary alicyclic amines) is 3. The average molecular weight is 1540 g/mol. The van der Waals surface area contributed by atoms with Gasteiger partial charge >= 0.3 is 0 Å². The van der Waals surface area contributed by atoms with Crippen molar-refractivity contribution in [2.45, 2.75) is 166 Å². The number of imidazole rings is 3. The molecule has 11 aromatic rings. The number of carbonyl (C=O) groups excluding carboxylic acids is 3. The number of hydrogen-bond acceptors (Lipinski definition) is 18. The van der Waals surface area contributed by atoms with Crippen molar-refractivity contribution in [2.24, 2.45) is 17.8 Å². The maximum atomic E-state index is 12.0. The highest BCUT2D eigenvalue weighted by molar-refractivity contribution is 7.93. The molecule has 5 aromatic carbocycles. The number of fused-ring (bicyclic) bond motifs is 6. The van der Waals surface area contributed by atoms with Crippen LogP contribution in [0.2, 0.25) is 0 Å². The number of nitrogens with zero attached hydrogens (tertiary/aromatic N) is 11. The van der Waals surface area contributed by atoms with E-state index < -0.39 is 0 Å². The maximum absolute atomic E-state index is 12.0. The Kier molecular flexibility index (Phi) is 22.0. The van der Waals surface area contributed by atoms with E-state index in [2.05, 4.69) is 88.0 Å². The van der Waals surface area contributed by atoms with Gasteiger partial charge < -0.3 is 42.4 Å². The number of halogens is 1. The van der Waals surface area contributed by atoms with Crippen molar-refractivity contribution in [3.63, 3.8) is 0 Å². The Morgan fingerprint density at radius 3 is 1.16 bits per heavy atom. The summed E-state index contributed by atoms with van der Waals surface area (Å²) in [6.07, 6.45) is 12.0. The summed E-state index contributed by atoms with van der Waals surface area (Å²) in [5.41, 5.74) is 14.3. The fraction of sp³-hybridized carbons (Fsp3) is 0.433. The van der Waals surface area contributed by atoms with Crippen molar-refractivity contribution in [3.05, 3.63) is 243 Å². The van der Waals surface area contributed by atoms with Gasteiger partial charge in [0.2, 0.25) is 17.3 Å². The molecule has 21 nitrogen and oxygen atoms in total. The Balaban J connectivity index is 0.000000121. The topological polar surface area (TPSA) is 219 Å². The van der Waals surface area contributed by atoms with Crippen molar-refractivity contribution in [3.8, 4) is 11.8 Å². The number of benzene rings is 5. The third-order valence-electron chi connectivity index (χ3n) is 25.3. The van der Waals surface area contributed by atoms with E-state index in [0.717, 1.165) is 227 Å². The van der Waals surface area contributed by atoms with Crippen LogP contribution in [0.15, 0.2) is 175 Å². The molecule has 6 aromatic heterocycles. The minimum absolute atomic E-state index is 0.0122. The van der Waals surface area contributed by atoms with Crippen LogP contribution in [-0.4, -0.2) is 159 Å². The Morgan fingerprint density at radius 2 is 0.823 bits per heavy atom. The molecular formula is C90H99FN12O9S. The molecule has 9 aliphatic rings. The zero-order chi connectivity index (χ0) is 77.4. The first-order valence-electron chi connectivity index (χ1n) is 40.2. The molecule has 3 saturated carbocycles. The van der Waals surface area contributed by atoms with Crippen molar-refractivity contribution in [1.29, 1.82) is 0 Å². The minimum Gasteiger partial charge on any atom is -0.473 e. The fourth-order valence-corrected chi connectivity index (χ4v) is 18.2. The molecule has 12 heterocycles. The van der Waals surface area contributed by atoms with E-state index in [-0.39, 0.29) is 69.6 Å². The number of nitrogens with one attached hydrogen (secondary N) is 1. The molecule has 1 N–H and O–H groups in total. The second kappa shape index (κ2) is 32.7. The predicted molar refractivity (Wildman–Crippen MR) is 433 cm³/mol. The van der Waals surface area contributed by atoms with Crippen LogP contribution < -0.4 is 15.0 Å². The van der Waals surface area contributed by atoms with Gasteiger partial charge in [-0.25, -0.2) is 24.9 Å². The predicted octanol–water partition coefficient (Wildman–Crippen LogP) is 14.4. The van der Waals surface area contributed by atoms with Crippen LogP contribution in [0, 0.1) is 17.8 Å². The highest BCUT2D eigenvalue weighted by Gasteiger charge is 2.60. The van der Waals surface area contributed by atoms with Gasteiger partial charge in [-0.3, -0.25) is 33.9 Å². The number of pyridine rings is 3.